The van der Waals surface area contributed by atoms with Gasteiger partial charge in [-0.1, -0.05) is 26.0 Å². The standard InChI is InChI=1S/C58H94N20O24/c1-22(2)41(75-46(90)23(3)67-40(88)19-66-53(97)42(25(5)81)76-50(94)33(17-38(61)86)71-51(95)35(20-79)73-47(91)30(59)9-8-14-65-58(63)64)54(98)77-44(27(7)83)56(100)78-43(26(6)82)55(99)74-36(21-80)52(96)70-32(16-37(60)85)49(93)69-31(15-28-10-12-29(84)13-11-28)48(92)68-24(4)45(89)72-34(57(101)102)18-39(62)87/h10-13,22-27,30-36,41-44,79-84H,8-9,14-21,59H2,1-7H3,(H2,60,85)(H2,61,86)(H2,62,87)(H,66,97)(H,67,88)(H,68,92)(H,69,93)(H,70,96)(H,71,95)(H,72,89)(H,73,91)(H,74,99)(H,75,90)(H,76,94)(H,77,98)(H,78,100)(H,101,102)(H4,63,64,65)/t23-,24-,25+,26+,27+,30-,31-,32-,33-,34-,35-,36-,41-,42-,43-,44-/m0/s1. The number of aromatic hydroxyl groups is 1. The third-order valence-electron chi connectivity index (χ3n) is 14.5. The van der Waals surface area contributed by atoms with Gasteiger partial charge in [0.1, 0.15) is 78.3 Å². The van der Waals surface area contributed by atoms with Crippen LogP contribution in [0.25, 0.3) is 0 Å². The first-order chi connectivity index (χ1) is 47.4. The van der Waals surface area contributed by atoms with Gasteiger partial charge in [-0.25, -0.2) is 4.79 Å². The number of aliphatic hydroxyl groups excluding tert-OH is 5. The molecule has 570 valence electrons. The first-order valence-corrected chi connectivity index (χ1v) is 31.3. The molecule has 0 aliphatic heterocycles. The van der Waals surface area contributed by atoms with Crippen LogP contribution >= 0.6 is 0 Å². The number of nitrogens with two attached hydrogens (primary N) is 5. The largest absolute Gasteiger partial charge is 0.508 e. The highest BCUT2D eigenvalue weighted by atomic mass is 16.4. The summed E-state index contributed by atoms with van der Waals surface area (Å²) in [6.45, 7) is 5.05. The zero-order valence-corrected chi connectivity index (χ0v) is 56.7. The number of carbonyl (C=O) groups excluding carboxylic acids is 16. The molecule has 16 amide bonds. The quantitative estimate of drug-likeness (QED) is 0.0164. The van der Waals surface area contributed by atoms with E-state index in [9.17, 15) is 117 Å². The topological polar surface area (TPSA) is 754 Å². The number of phenols is 1. The minimum atomic E-state index is -2.09. The molecule has 0 fully saturated rings. The van der Waals surface area contributed by atoms with Crippen molar-refractivity contribution in [3.05, 3.63) is 29.8 Å². The summed E-state index contributed by atoms with van der Waals surface area (Å²) < 4.78 is 0. The Labute approximate surface area is 582 Å². The summed E-state index contributed by atoms with van der Waals surface area (Å²) in [5.41, 5.74) is 27.0. The first kappa shape index (κ1) is 89.1. The number of nitrogens with one attached hydrogen (secondary N) is 15. The molecule has 0 radical (unpaired) electrons. The number of amides is 16. The number of carboxylic acid groups (broad SMARTS) is 1. The Hall–Kier alpha value is -11.0. The van der Waals surface area contributed by atoms with Crippen molar-refractivity contribution in [2.75, 3.05) is 26.3 Å². The van der Waals surface area contributed by atoms with Gasteiger partial charge in [-0.05, 0) is 71.1 Å². The predicted molar refractivity (Wildman–Crippen MR) is 350 cm³/mol. The van der Waals surface area contributed by atoms with Gasteiger partial charge in [-0.2, -0.15) is 0 Å². The van der Waals surface area contributed by atoms with Crippen molar-refractivity contribution in [3.63, 3.8) is 0 Å². The second-order valence-corrected chi connectivity index (χ2v) is 23.7. The third-order valence-corrected chi connectivity index (χ3v) is 14.5. The molecule has 0 heterocycles. The van der Waals surface area contributed by atoms with Crippen LogP contribution in [0.5, 0.6) is 5.75 Å². The summed E-state index contributed by atoms with van der Waals surface area (Å²) in [6, 6.07) is -18.0. The Morgan fingerprint density at radius 1 is 0.422 bits per heavy atom. The van der Waals surface area contributed by atoms with Gasteiger partial charge in [0.05, 0.1) is 63.4 Å². The summed E-state index contributed by atoms with van der Waals surface area (Å²) in [4.78, 5) is 221. The van der Waals surface area contributed by atoms with Gasteiger partial charge in [0, 0.05) is 13.0 Å². The number of hydrogen-bond donors (Lipinski definition) is 27. The lowest BCUT2D eigenvalue weighted by molar-refractivity contribution is -0.143. The van der Waals surface area contributed by atoms with Crippen molar-refractivity contribution in [1.29, 1.82) is 5.41 Å². The van der Waals surface area contributed by atoms with E-state index < -0.39 is 249 Å². The molecule has 0 spiro atoms. The smallest absolute Gasteiger partial charge is 0.326 e. The molecular formula is C58H94N20O24. The summed E-state index contributed by atoms with van der Waals surface area (Å²) in [6.07, 6.45) is -8.28. The van der Waals surface area contributed by atoms with Crippen molar-refractivity contribution in [2.24, 2.45) is 34.6 Å². The van der Waals surface area contributed by atoms with Crippen LogP contribution in [0.3, 0.4) is 0 Å². The fourth-order valence-corrected chi connectivity index (χ4v) is 8.80. The van der Waals surface area contributed by atoms with Gasteiger partial charge in [-0.3, -0.25) is 82.1 Å². The molecule has 1 aromatic rings. The molecule has 102 heavy (non-hydrogen) atoms. The zero-order valence-electron chi connectivity index (χ0n) is 56.7. The number of benzene rings is 1. The SMILES string of the molecule is CC(C)[C@H](NC(=O)[C@H](C)NC(=O)CNC(=O)[C@@H](NC(=O)[C@H](CC(N)=O)NC(=O)[C@H](CO)NC(=O)[C@@H](N)CCCNC(=N)N)[C@@H](C)O)C(=O)N[C@H](C(=O)N[C@H](C(=O)N[C@@H](CO)C(=O)N[C@@H](CC(N)=O)C(=O)N[C@@H](Cc1ccc(O)cc1)C(=O)N[C@@H](C)C(=O)N[C@@H](CC(N)=O)C(=O)O)[C@@H](C)O)[C@@H](C)O. The molecule has 1 rings (SSSR count). The van der Waals surface area contributed by atoms with Crippen LogP contribution in [0.4, 0.5) is 0 Å². The van der Waals surface area contributed by atoms with Crippen LogP contribution < -0.4 is 103 Å². The van der Waals surface area contributed by atoms with Crippen LogP contribution in [0.2, 0.25) is 0 Å². The Bertz CT molecular complexity index is 3180. The van der Waals surface area contributed by atoms with E-state index in [1.165, 1.54) is 38.1 Å². The maximum Gasteiger partial charge on any atom is 0.326 e. The summed E-state index contributed by atoms with van der Waals surface area (Å²) in [5, 5.41) is 109. The van der Waals surface area contributed by atoms with Gasteiger partial charge >= 0.3 is 5.97 Å². The third kappa shape index (κ3) is 31.9. The number of aliphatic carboxylic acids is 1. The highest BCUT2D eigenvalue weighted by Gasteiger charge is 2.39. The molecule has 0 saturated heterocycles. The van der Waals surface area contributed by atoms with Crippen LogP contribution in [0, 0.1) is 11.3 Å². The molecule has 44 nitrogen and oxygen atoms in total. The summed E-state index contributed by atoms with van der Waals surface area (Å²) in [5.74, 6) is -22.2. The highest BCUT2D eigenvalue weighted by molar-refractivity contribution is 6.01. The predicted octanol–water partition coefficient (Wildman–Crippen LogP) is -14.0. The number of phenolic OH excluding ortho intramolecular Hbond substituents is 1. The molecule has 0 aliphatic rings. The number of aliphatic hydroxyl groups is 5. The lowest BCUT2D eigenvalue weighted by Gasteiger charge is -2.29. The Kier molecular flexibility index (Phi) is 38.0. The molecule has 0 aliphatic carbocycles. The molecule has 0 bridgehead atoms. The zero-order chi connectivity index (χ0) is 78.2. The van der Waals surface area contributed by atoms with Gasteiger partial charge < -0.3 is 139 Å². The van der Waals surface area contributed by atoms with Gasteiger partial charge in [0.25, 0.3) is 0 Å². The fourth-order valence-electron chi connectivity index (χ4n) is 8.80. The molecule has 44 heteroatoms. The van der Waals surface area contributed by atoms with E-state index in [-0.39, 0.29) is 36.7 Å². The number of primary amides is 3. The Morgan fingerprint density at radius 2 is 0.775 bits per heavy atom. The lowest BCUT2D eigenvalue weighted by atomic mass is 10.0. The fraction of sp³-hybridized carbons (Fsp3) is 0.586. The number of carboxylic acids is 1. The monoisotopic (exact) mass is 1450 g/mol. The molecule has 32 N–H and O–H groups in total. The first-order valence-electron chi connectivity index (χ1n) is 31.3. The Morgan fingerprint density at radius 3 is 1.22 bits per heavy atom. The molecule has 0 aromatic heterocycles. The number of rotatable bonds is 45. The van der Waals surface area contributed by atoms with E-state index in [1.54, 1.807) is 0 Å². The van der Waals surface area contributed by atoms with E-state index in [0.29, 0.717) is 0 Å². The molecule has 0 saturated carbocycles. The second kappa shape index (κ2) is 43.5. The second-order valence-electron chi connectivity index (χ2n) is 23.7. The van der Waals surface area contributed by atoms with Crippen LogP contribution in [-0.4, -0.2) is 265 Å². The van der Waals surface area contributed by atoms with Gasteiger partial charge in [-0.15, -0.1) is 0 Å². The number of carbonyl (C=O) groups is 17. The summed E-state index contributed by atoms with van der Waals surface area (Å²) in [7, 11) is 0. The average Bonchev–Trinajstić information content (AvgIpc) is 0.855. The minimum Gasteiger partial charge on any atom is -0.508 e. The number of hydrogen-bond acceptors (Lipinski definition) is 25. The van der Waals surface area contributed by atoms with Crippen molar-refractivity contribution >= 4 is 106 Å². The Balaban J connectivity index is 3.19. The van der Waals surface area contributed by atoms with E-state index in [2.05, 4.69) is 63.8 Å². The molecule has 1 aromatic carbocycles. The van der Waals surface area contributed by atoms with Gasteiger partial charge in [0.2, 0.25) is 94.5 Å². The maximum absolute atomic E-state index is 13.9. The van der Waals surface area contributed by atoms with E-state index in [4.69, 9.17) is 34.1 Å². The molecule has 0 unspecified atom stereocenters. The van der Waals surface area contributed by atoms with Crippen molar-refractivity contribution in [1.82, 2.24) is 74.4 Å². The van der Waals surface area contributed by atoms with Gasteiger partial charge in [0.15, 0.2) is 5.96 Å². The highest BCUT2D eigenvalue weighted by Crippen LogP contribution is 2.13. The summed E-state index contributed by atoms with van der Waals surface area (Å²) >= 11 is 0. The normalized spacial score (nSPS) is 15.7. The van der Waals surface area contributed by atoms with Crippen molar-refractivity contribution in [2.45, 2.75) is 184 Å². The van der Waals surface area contributed by atoms with E-state index >= 15 is 0 Å². The van der Waals surface area contributed by atoms with E-state index in [1.807, 2.05) is 10.6 Å². The lowest BCUT2D eigenvalue weighted by Crippen LogP contribution is -2.64. The van der Waals surface area contributed by atoms with E-state index in [0.717, 1.165) is 34.6 Å². The molecule has 16 atom stereocenters. The minimum absolute atomic E-state index is 0.0420. The molecular weight excluding hydrogens is 1360 g/mol. The average molecular weight is 1460 g/mol. The van der Waals surface area contributed by atoms with Crippen molar-refractivity contribution < 1.29 is 117 Å². The van der Waals surface area contributed by atoms with Crippen molar-refractivity contribution in [3.8, 4) is 5.75 Å². The number of guanidine groups is 1. The maximum atomic E-state index is 13.9. The van der Waals surface area contributed by atoms with Crippen LogP contribution in [0.1, 0.15) is 86.1 Å². The van der Waals surface area contributed by atoms with Crippen LogP contribution in [-0.2, 0) is 87.9 Å². The van der Waals surface area contributed by atoms with Crippen LogP contribution in [0.15, 0.2) is 24.3 Å².